The van der Waals surface area contributed by atoms with Crippen molar-refractivity contribution >= 4 is 24.4 Å². The quantitative estimate of drug-likeness (QED) is 0.536. The summed E-state index contributed by atoms with van der Waals surface area (Å²) in [6.07, 6.45) is 5.86. The summed E-state index contributed by atoms with van der Waals surface area (Å²) in [5.41, 5.74) is 0. The second kappa shape index (κ2) is 7.67. The first-order chi connectivity index (χ1) is 8.54. The van der Waals surface area contributed by atoms with Gasteiger partial charge in [-0.05, 0) is 18.8 Å². The lowest BCUT2D eigenvalue weighted by Gasteiger charge is -2.25. The summed E-state index contributed by atoms with van der Waals surface area (Å²) >= 11 is 4.12. The Bertz CT molecular complexity index is 297. The lowest BCUT2D eigenvalue weighted by atomic mass is 9.96. The van der Waals surface area contributed by atoms with E-state index in [1.165, 1.54) is 26.2 Å². The van der Waals surface area contributed by atoms with Gasteiger partial charge < -0.3 is 10.6 Å². The van der Waals surface area contributed by atoms with Gasteiger partial charge in [0, 0.05) is 18.7 Å². The minimum Gasteiger partial charge on any atom is -0.351 e. The summed E-state index contributed by atoms with van der Waals surface area (Å²) < 4.78 is 0. The van der Waals surface area contributed by atoms with E-state index in [2.05, 4.69) is 30.2 Å². The van der Waals surface area contributed by atoms with Crippen molar-refractivity contribution in [1.82, 2.24) is 10.6 Å². The lowest BCUT2D eigenvalue weighted by molar-refractivity contribution is -0.128. The van der Waals surface area contributed by atoms with Crippen molar-refractivity contribution in [3.63, 3.8) is 0 Å². The molecule has 0 radical (unpaired) electrons. The van der Waals surface area contributed by atoms with Crippen molar-refractivity contribution in [3.8, 4) is 0 Å². The number of amides is 2. The highest BCUT2D eigenvalue weighted by Crippen LogP contribution is 2.22. The van der Waals surface area contributed by atoms with Crippen LogP contribution in [0.4, 0.5) is 0 Å². The number of hydrogen-bond acceptors (Lipinski definition) is 3. The van der Waals surface area contributed by atoms with E-state index in [9.17, 15) is 9.59 Å². The molecule has 3 unspecified atom stereocenters. The Labute approximate surface area is 115 Å². The average Bonchev–Trinajstić information content (AvgIpc) is 2.51. The maximum atomic E-state index is 12.1. The summed E-state index contributed by atoms with van der Waals surface area (Å²) in [4.78, 5) is 23.1. The highest BCUT2D eigenvalue weighted by atomic mass is 32.1. The molecule has 0 saturated heterocycles. The van der Waals surface area contributed by atoms with Gasteiger partial charge in [-0.3, -0.25) is 9.59 Å². The molecule has 0 bridgehead atoms. The summed E-state index contributed by atoms with van der Waals surface area (Å²) in [7, 11) is 0. The second-order valence-electron chi connectivity index (χ2n) is 5.17. The molecule has 2 amide bonds. The molecule has 1 saturated carbocycles. The van der Waals surface area contributed by atoms with Crippen LogP contribution in [0.15, 0.2) is 0 Å². The van der Waals surface area contributed by atoms with Crippen molar-refractivity contribution in [2.75, 3.05) is 5.75 Å². The van der Waals surface area contributed by atoms with Crippen molar-refractivity contribution < 1.29 is 9.59 Å². The number of nitrogens with one attached hydrogen (secondary N) is 2. The van der Waals surface area contributed by atoms with Crippen LogP contribution < -0.4 is 10.6 Å². The molecule has 3 atom stereocenters. The van der Waals surface area contributed by atoms with E-state index in [-0.39, 0.29) is 17.9 Å². The topological polar surface area (TPSA) is 58.2 Å². The molecule has 5 heteroatoms. The van der Waals surface area contributed by atoms with Gasteiger partial charge in [-0.25, -0.2) is 0 Å². The number of thiol groups is 1. The monoisotopic (exact) mass is 272 g/mol. The van der Waals surface area contributed by atoms with Crippen LogP contribution in [0.25, 0.3) is 0 Å². The van der Waals surface area contributed by atoms with Crippen LogP contribution in [-0.4, -0.2) is 29.7 Å². The summed E-state index contributed by atoms with van der Waals surface area (Å²) in [6.45, 7) is 3.60. The highest BCUT2D eigenvalue weighted by Gasteiger charge is 2.25. The fourth-order valence-corrected chi connectivity index (χ4v) is 2.69. The van der Waals surface area contributed by atoms with E-state index in [0.717, 1.165) is 12.8 Å². The Balaban J connectivity index is 2.52. The average molecular weight is 272 g/mol. The first kappa shape index (κ1) is 15.3. The van der Waals surface area contributed by atoms with Gasteiger partial charge in [-0.2, -0.15) is 12.6 Å². The molecule has 0 aromatic rings. The molecule has 0 aliphatic heterocycles. The number of rotatable bonds is 4. The van der Waals surface area contributed by atoms with Crippen LogP contribution in [0.2, 0.25) is 0 Å². The Morgan fingerprint density at radius 3 is 2.56 bits per heavy atom. The molecule has 0 aromatic heterocycles. The predicted molar refractivity (Wildman–Crippen MR) is 75.6 cm³/mol. The van der Waals surface area contributed by atoms with Gasteiger partial charge in [0.15, 0.2) is 0 Å². The molecule has 1 rings (SSSR count). The number of carbonyl (C=O) groups is 2. The Morgan fingerprint density at radius 1 is 1.28 bits per heavy atom. The van der Waals surface area contributed by atoms with Gasteiger partial charge in [0.1, 0.15) is 6.04 Å². The first-order valence-electron chi connectivity index (χ1n) is 6.73. The van der Waals surface area contributed by atoms with E-state index >= 15 is 0 Å². The van der Waals surface area contributed by atoms with Crippen LogP contribution in [0.1, 0.15) is 46.0 Å². The molecule has 2 N–H and O–H groups in total. The van der Waals surface area contributed by atoms with Crippen molar-refractivity contribution in [3.05, 3.63) is 0 Å². The zero-order chi connectivity index (χ0) is 13.5. The van der Waals surface area contributed by atoms with E-state index in [1.807, 2.05) is 0 Å². The van der Waals surface area contributed by atoms with Crippen LogP contribution >= 0.6 is 12.6 Å². The zero-order valence-corrected chi connectivity index (χ0v) is 12.1. The standard InChI is InChI=1S/C13H24N2O2S/c1-9-6-4-3-5-7-11(9)15-13(17)12(8-18)14-10(2)16/h9,11-12,18H,3-8H2,1-2H3,(H,14,16)(H,15,17). The van der Waals surface area contributed by atoms with Crippen LogP contribution in [0.5, 0.6) is 0 Å². The summed E-state index contributed by atoms with van der Waals surface area (Å²) in [5.74, 6) is 0.526. The van der Waals surface area contributed by atoms with Gasteiger partial charge in [-0.1, -0.05) is 26.2 Å². The molecule has 18 heavy (non-hydrogen) atoms. The highest BCUT2D eigenvalue weighted by molar-refractivity contribution is 7.80. The molecule has 1 fully saturated rings. The largest absolute Gasteiger partial charge is 0.351 e. The van der Waals surface area contributed by atoms with Crippen molar-refractivity contribution in [2.45, 2.75) is 58.0 Å². The van der Waals surface area contributed by atoms with Crippen LogP contribution in [-0.2, 0) is 9.59 Å². The molecule has 0 aromatic carbocycles. The Morgan fingerprint density at radius 2 is 1.94 bits per heavy atom. The fraction of sp³-hybridized carbons (Fsp3) is 0.846. The van der Waals surface area contributed by atoms with Gasteiger partial charge >= 0.3 is 0 Å². The minimum absolute atomic E-state index is 0.112. The molecule has 4 nitrogen and oxygen atoms in total. The normalized spacial score (nSPS) is 25.9. The van der Waals surface area contributed by atoms with Gasteiger partial charge in [-0.15, -0.1) is 0 Å². The minimum atomic E-state index is -0.527. The number of carbonyl (C=O) groups excluding carboxylic acids is 2. The maximum Gasteiger partial charge on any atom is 0.243 e. The summed E-state index contributed by atoms with van der Waals surface area (Å²) in [6, 6.07) is -0.294. The Hall–Kier alpha value is -0.710. The van der Waals surface area contributed by atoms with E-state index in [1.54, 1.807) is 0 Å². The van der Waals surface area contributed by atoms with E-state index in [4.69, 9.17) is 0 Å². The third-order valence-corrected chi connectivity index (χ3v) is 3.93. The van der Waals surface area contributed by atoms with Gasteiger partial charge in [0.25, 0.3) is 0 Å². The Kier molecular flexibility index (Phi) is 6.54. The molecule has 0 spiro atoms. The smallest absolute Gasteiger partial charge is 0.243 e. The zero-order valence-electron chi connectivity index (χ0n) is 11.2. The predicted octanol–water partition coefficient (Wildman–Crippen LogP) is 1.51. The second-order valence-corrected chi connectivity index (χ2v) is 5.53. The van der Waals surface area contributed by atoms with Crippen LogP contribution in [0.3, 0.4) is 0 Å². The SMILES string of the molecule is CC(=O)NC(CS)C(=O)NC1CCCCCC1C. The van der Waals surface area contributed by atoms with Crippen LogP contribution in [0, 0.1) is 5.92 Å². The molecule has 104 valence electrons. The summed E-state index contributed by atoms with van der Waals surface area (Å²) in [5, 5.41) is 5.68. The van der Waals surface area contributed by atoms with Crippen molar-refractivity contribution in [1.29, 1.82) is 0 Å². The molecule has 0 heterocycles. The third kappa shape index (κ3) is 4.88. The third-order valence-electron chi connectivity index (χ3n) is 3.57. The molecular weight excluding hydrogens is 248 g/mol. The van der Waals surface area contributed by atoms with Gasteiger partial charge in [0.05, 0.1) is 0 Å². The first-order valence-corrected chi connectivity index (χ1v) is 7.36. The number of hydrogen-bond donors (Lipinski definition) is 3. The maximum absolute atomic E-state index is 12.1. The van der Waals surface area contributed by atoms with E-state index < -0.39 is 6.04 Å². The van der Waals surface area contributed by atoms with E-state index in [0.29, 0.717) is 11.7 Å². The lowest BCUT2D eigenvalue weighted by Crippen LogP contribution is -2.51. The van der Waals surface area contributed by atoms with Gasteiger partial charge in [0.2, 0.25) is 11.8 Å². The molecule has 1 aliphatic rings. The fourth-order valence-electron chi connectivity index (χ4n) is 2.43. The molecule has 1 aliphatic carbocycles. The van der Waals surface area contributed by atoms with Crippen molar-refractivity contribution in [2.24, 2.45) is 5.92 Å². The molecular formula is C13H24N2O2S.